The van der Waals surface area contributed by atoms with E-state index in [1.807, 2.05) is 0 Å². The van der Waals surface area contributed by atoms with E-state index in [1.165, 1.54) is 19.2 Å². The Bertz CT molecular complexity index is 382. The minimum atomic E-state index is -1.34. The predicted octanol–water partition coefficient (Wildman–Crippen LogP) is 0.208. The van der Waals surface area contributed by atoms with Crippen molar-refractivity contribution in [2.24, 2.45) is 0 Å². The van der Waals surface area contributed by atoms with Crippen LogP contribution in [-0.4, -0.2) is 39.9 Å². The molecule has 0 spiro atoms. The maximum absolute atomic E-state index is 11.6. The van der Waals surface area contributed by atoms with Gasteiger partial charge in [0, 0.05) is 12.7 Å². The molecule has 1 heterocycles. The van der Waals surface area contributed by atoms with E-state index in [4.69, 9.17) is 16.7 Å². The first kappa shape index (κ1) is 12.9. The van der Waals surface area contributed by atoms with Gasteiger partial charge in [0.1, 0.15) is 10.8 Å². The normalized spacial score (nSPS) is 14.2. The third kappa shape index (κ3) is 3.44. The van der Waals surface area contributed by atoms with E-state index < -0.39 is 18.1 Å². The Hall–Kier alpha value is -1.17. The van der Waals surface area contributed by atoms with Gasteiger partial charge >= 0.3 is 0 Å². The van der Waals surface area contributed by atoms with Gasteiger partial charge in [0.15, 0.2) is 0 Å². The largest absolute Gasteiger partial charge is 0.393 e. The zero-order valence-corrected chi connectivity index (χ0v) is 9.53. The molecule has 0 aromatic carbocycles. The van der Waals surface area contributed by atoms with Gasteiger partial charge in [-0.25, -0.2) is 4.98 Å². The summed E-state index contributed by atoms with van der Waals surface area (Å²) in [7, 11) is 0. The molecular weight excluding hydrogens is 232 g/mol. The molecule has 5 nitrogen and oxygen atoms in total. The third-order valence-electron chi connectivity index (χ3n) is 1.97. The molecule has 0 aliphatic rings. The van der Waals surface area contributed by atoms with Crippen LogP contribution in [0.4, 0.5) is 0 Å². The number of hydrogen-bond acceptors (Lipinski definition) is 4. The summed E-state index contributed by atoms with van der Waals surface area (Å²) >= 11 is 5.72. The van der Waals surface area contributed by atoms with Crippen LogP contribution in [0.15, 0.2) is 18.3 Å². The van der Waals surface area contributed by atoms with Crippen LogP contribution < -0.4 is 5.32 Å². The van der Waals surface area contributed by atoms with E-state index in [1.54, 1.807) is 6.07 Å². The summed E-state index contributed by atoms with van der Waals surface area (Å²) in [5.74, 6) is -0.438. The SMILES string of the molecule is CC(O)(CO)CNC(=O)c1cccnc1Cl. The third-order valence-corrected chi connectivity index (χ3v) is 2.28. The van der Waals surface area contributed by atoms with Crippen molar-refractivity contribution in [2.45, 2.75) is 12.5 Å². The van der Waals surface area contributed by atoms with Crippen LogP contribution in [0.2, 0.25) is 5.15 Å². The number of pyridine rings is 1. The number of nitrogens with zero attached hydrogens (tertiary/aromatic N) is 1. The van der Waals surface area contributed by atoms with Crippen molar-refractivity contribution in [1.29, 1.82) is 0 Å². The maximum atomic E-state index is 11.6. The number of halogens is 1. The van der Waals surface area contributed by atoms with Crippen molar-refractivity contribution in [3.05, 3.63) is 29.0 Å². The molecule has 0 radical (unpaired) electrons. The van der Waals surface area contributed by atoms with Gasteiger partial charge in [-0.15, -0.1) is 0 Å². The Morgan fingerprint density at radius 2 is 2.38 bits per heavy atom. The van der Waals surface area contributed by atoms with Gasteiger partial charge in [0.05, 0.1) is 12.2 Å². The minimum Gasteiger partial charge on any atom is -0.393 e. The number of carbonyl (C=O) groups excluding carboxylic acids is 1. The molecule has 3 N–H and O–H groups in total. The number of amides is 1. The number of carbonyl (C=O) groups is 1. The molecule has 0 saturated carbocycles. The second kappa shape index (κ2) is 5.25. The van der Waals surface area contributed by atoms with Gasteiger partial charge in [0.25, 0.3) is 5.91 Å². The number of rotatable bonds is 4. The molecule has 1 atom stereocenters. The average Bonchev–Trinajstić information content (AvgIpc) is 2.27. The lowest BCUT2D eigenvalue weighted by Gasteiger charge is -2.20. The van der Waals surface area contributed by atoms with E-state index in [0.717, 1.165) is 0 Å². The van der Waals surface area contributed by atoms with Crippen LogP contribution in [0.5, 0.6) is 0 Å². The molecule has 0 aliphatic carbocycles. The Labute approximate surface area is 98.1 Å². The standard InChI is InChI=1S/C10H13ClN2O3/c1-10(16,6-14)5-13-9(15)7-3-2-4-12-8(7)11/h2-4,14,16H,5-6H2,1H3,(H,13,15). The monoisotopic (exact) mass is 244 g/mol. The van der Waals surface area contributed by atoms with Crippen molar-refractivity contribution in [1.82, 2.24) is 10.3 Å². The van der Waals surface area contributed by atoms with Crippen molar-refractivity contribution in [3.63, 3.8) is 0 Å². The van der Waals surface area contributed by atoms with Crippen LogP contribution in [0.25, 0.3) is 0 Å². The summed E-state index contributed by atoms with van der Waals surface area (Å²) in [4.78, 5) is 15.4. The fourth-order valence-corrected chi connectivity index (χ4v) is 1.18. The topological polar surface area (TPSA) is 82.5 Å². The first-order valence-electron chi connectivity index (χ1n) is 4.68. The Kier molecular flexibility index (Phi) is 4.23. The lowest BCUT2D eigenvalue weighted by molar-refractivity contribution is 0.00320. The Morgan fingerprint density at radius 3 is 2.94 bits per heavy atom. The fraction of sp³-hybridized carbons (Fsp3) is 0.400. The highest BCUT2D eigenvalue weighted by Crippen LogP contribution is 2.11. The quantitative estimate of drug-likeness (QED) is 0.662. The summed E-state index contributed by atoms with van der Waals surface area (Å²) in [6.45, 7) is 0.916. The zero-order chi connectivity index (χ0) is 12.2. The predicted molar refractivity (Wildman–Crippen MR) is 59.3 cm³/mol. The molecule has 88 valence electrons. The van der Waals surface area contributed by atoms with Gasteiger partial charge < -0.3 is 15.5 Å². The molecule has 0 aliphatic heterocycles. The second-order valence-electron chi connectivity index (χ2n) is 3.68. The average molecular weight is 245 g/mol. The highest BCUT2D eigenvalue weighted by atomic mass is 35.5. The number of nitrogens with one attached hydrogen (secondary N) is 1. The molecule has 0 bridgehead atoms. The van der Waals surface area contributed by atoms with Gasteiger partial charge in [-0.1, -0.05) is 11.6 Å². The molecule has 1 aromatic heterocycles. The lowest BCUT2D eigenvalue weighted by Crippen LogP contribution is -2.43. The summed E-state index contributed by atoms with van der Waals surface area (Å²) in [5.41, 5.74) is -1.11. The molecule has 6 heteroatoms. The van der Waals surface area contributed by atoms with Gasteiger partial charge in [-0.05, 0) is 19.1 Å². The molecule has 1 unspecified atom stereocenters. The second-order valence-corrected chi connectivity index (χ2v) is 4.04. The molecule has 16 heavy (non-hydrogen) atoms. The molecule has 1 rings (SSSR count). The van der Waals surface area contributed by atoms with Crippen LogP contribution in [-0.2, 0) is 0 Å². The summed E-state index contributed by atoms with van der Waals surface area (Å²) in [6, 6.07) is 3.11. The van der Waals surface area contributed by atoms with E-state index >= 15 is 0 Å². The van der Waals surface area contributed by atoms with Gasteiger partial charge in [-0.2, -0.15) is 0 Å². The van der Waals surface area contributed by atoms with E-state index in [2.05, 4.69) is 10.3 Å². The highest BCUT2D eigenvalue weighted by Gasteiger charge is 2.20. The number of aliphatic hydroxyl groups excluding tert-OH is 1. The summed E-state index contributed by atoms with van der Waals surface area (Å²) in [6.07, 6.45) is 1.48. The van der Waals surface area contributed by atoms with Gasteiger partial charge in [0.2, 0.25) is 0 Å². The zero-order valence-electron chi connectivity index (χ0n) is 8.77. The maximum Gasteiger partial charge on any atom is 0.254 e. The molecule has 1 aromatic rings. The molecule has 1 amide bonds. The van der Waals surface area contributed by atoms with Crippen molar-refractivity contribution in [3.8, 4) is 0 Å². The molecule has 0 fully saturated rings. The minimum absolute atomic E-state index is 0.0619. The fourth-order valence-electron chi connectivity index (χ4n) is 0.977. The van der Waals surface area contributed by atoms with Crippen molar-refractivity contribution >= 4 is 17.5 Å². The molecular formula is C10H13ClN2O3. The van der Waals surface area contributed by atoms with Crippen LogP contribution in [0.3, 0.4) is 0 Å². The Morgan fingerprint density at radius 1 is 1.69 bits per heavy atom. The van der Waals surface area contributed by atoms with Gasteiger partial charge in [-0.3, -0.25) is 4.79 Å². The summed E-state index contributed by atoms with van der Waals surface area (Å²) in [5, 5.41) is 20.8. The number of aliphatic hydroxyl groups is 2. The van der Waals surface area contributed by atoms with Crippen molar-refractivity contribution in [2.75, 3.05) is 13.2 Å². The summed E-state index contributed by atoms with van der Waals surface area (Å²) < 4.78 is 0. The van der Waals surface area contributed by atoms with Crippen LogP contribution in [0.1, 0.15) is 17.3 Å². The Balaban J connectivity index is 2.64. The lowest BCUT2D eigenvalue weighted by atomic mass is 10.1. The highest BCUT2D eigenvalue weighted by molar-refractivity contribution is 6.32. The molecule has 0 saturated heterocycles. The van der Waals surface area contributed by atoms with Crippen LogP contribution in [0, 0.1) is 0 Å². The van der Waals surface area contributed by atoms with Crippen molar-refractivity contribution < 1.29 is 15.0 Å². The smallest absolute Gasteiger partial charge is 0.254 e. The van der Waals surface area contributed by atoms with E-state index in [9.17, 15) is 9.90 Å². The number of hydrogen-bond donors (Lipinski definition) is 3. The van der Waals surface area contributed by atoms with E-state index in [0.29, 0.717) is 0 Å². The van der Waals surface area contributed by atoms with Crippen LogP contribution >= 0.6 is 11.6 Å². The first-order chi connectivity index (χ1) is 7.46. The number of aromatic nitrogens is 1. The first-order valence-corrected chi connectivity index (χ1v) is 5.06. The van der Waals surface area contributed by atoms with E-state index in [-0.39, 0.29) is 17.3 Å².